The van der Waals surface area contributed by atoms with Gasteiger partial charge in [0.15, 0.2) is 0 Å². The van der Waals surface area contributed by atoms with E-state index in [9.17, 15) is 4.79 Å². The lowest BCUT2D eigenvalue weighted by atomic mass is 10.1. The Labute approximate surface area is 108 Å². The first-order chi connectivity index (χ1) is 8.45. The average Bonchev–Trinajstić information content (AvgIpc) is 2.26. The van der Waals surface area contributed by atoms with Crippen molar-refractivity contribution in [1.29, 1.82) is 0 Å². The number of carboxylic acid groups (broad SMARTS) is 1. The highest BCUT2D eigenvalue weighted by molar-refractivity contribution is 5.67. The van der Waals surface area contributed by atoms with Gasteiger partial charge in [-0.25, -0.2) is 0 Å². The minimum absolute atomic E-state index is 0.192. The molecule has 0 aliphatic heterocycles. The first kappa shape index (κ1) is 14.4. The van der Waals surface area contributed by atoms with E-state index in [4.69, 9.17) is 9.84 Å². The molecule has 0 heterocycles. The van der Waals surface area contributed by atoms with Crippen molar-refractivity contribution in [3.8, 4) is 5.75 Å². The van der Waals surface area contributed by atoms with Gasteiger partial charge in [-0.3, -0.25) is 4.79 Å². The van der Waals surface area contributed by atoms with Gasteiger partial charge in [-0.1, -0.05) is 6.07 Å². The molecule has 0 unspecified atom stereocenters. The number of aliphatic carboxylic acids is 1. The van der Waals surface area contributed by atoms with Gasteiger partial charge >= 0.3 is 5.97 Å². The SMILES string of the molecule is COc1cc(C)cc(C)c1N(C)CCCC(=O)O. The zero-order valence-electron chi connectivity index (χ0n) is 11.5. The fraction of sp³-hybridized carbons (Fsp3) is 0.500. The lowest BCUT2D eigenvalue weighted by Crippen LogP contribution is -2.21. The third kappa shape index (κ3) is 3.65. The summed E-state index contributed by atoms with van der Waals surface area (Å²) in [6.07, 6.45) is 0.819. The van der Waals surface area contributed by atoms with Gasteiger partial charge < -0.3 is 14.7 Å². The van der Waals surface area contributed by atoms with E-state index in [1.54, 1.807) is 7.11 Å². The topological polar surface area (TPSA) is 49.8 Å². The van der Waals surface area contributed by atoms with Crippen molar-refractivity contribution in [3.63, 3.8) is 0 Å². The van der Waals surface area contributed by atoms with Crippen LogP contribution < -0.4 is 9.64 Å². The molecular formula is C14H21NO3. The molecule has 1 aromatic rings. The van der Waals surface area contributed by atoms with Crippen molar-refractivity contribution in [3.05, 3.63) is 23.3 Å². The van der Waals surface area contributed by atoms with E-state index in [1.807, 2.05) is 27.0 Å². The molecule has 0 spiro atoms. The lowest BCUT2D eigenvalue weighted by Gasteiger charge is -2.24. The van der Waals surface area contributed by atoms with Crippen LogP contribution in [-0.4, -0.2) is 31.8 Å². The molecule has 0 atom stereocenters. The number of carbonyl (C=O) groups is 1. The second-order valence-corrected chi connectivity index (χ2v) is 4.55. The van der Waals surface area contributed by atoms with Crippen LogP contribution >= 0.6 is 0 Å². The summed E-state index contributed by atoms with van der Waals surface area (Å²) in [5.74, 6) is 0.0846. The van der Waals surface area contributed by atoms with E-state index in [1.165, 1.54) is 0 Å². The number of aryl methyl sites for hydroxylation is 2. The molecule has 0 aliphatic carbocycles. The molecule has 1 rings (SSSR count). The Kier molecular flexibility index (Phi) is 5.01. The fourth-order valence-electron chi connectivity index (χ4n) is 2.15. The largest absolute Gasteiger partial charge is 0.495 e. The Morgan fingerprint density at radius 3 is 2.61 bits per heavy atom. The fourth-order valence-corrected chi connectivity index (χ4v) is 2.15. The smallest absolute Gasteiger partial charge is 0.303 e. The van der Waals surface area contributed by atoms with Gasteiger partial charge in [-0.15, -0.1) is 0 Å². The third-order valence-corrected chi connectivity index (χ3v) is 2.90. The van der Waals surface area contributed by atoms with Crippen LogP contribution in [0.15, 0.2) is 12.1 Å². The van der Waals surface area contributed by atoms with Crippen molar-refractivity contribution >= 4 is 11.7 Å². The minimum Gasteiger partial charge on any atom is -0.495 e. The predicted molar refractivity (Wildman–Crippen MR) is 72.6 cm³/mol. The van der Waals surface area contributed by atoms with Crippen LogP contribution in [0.25, 0.3) is 0 Å². The number of hydrogen-bond donors (Lipinski definition) is 1. The number of hydrogen-bond acceptors (Lipinski definition) is 3. The molecule has 1 aromatic carbocycles. The van der Waals surface area contributed by atoms with Crippen molar-refractivity contribution in [2.45, 2.75) is 26.7 Å². The number of methoxy groups -OCH3 is 1. The maximum absolute atomic E-state index is 10.5. The molecule has 0 aromatic heterocycles. The highest BCUT2D eigenvalue weighted by atomic mass is 16.5. The summed E-state index contributed by atoms with van der Waals surface area (Å²) in [5.41, 5.74) is 3.34. The Morgan fingerprint density at radius 1 is 1.39 bits per heavy atom. The van der Waals surface area contributed by atoms with Crippen LogP contribution in [0.5, 0.6) is 5.75 Å². The molecule has 1 N–H and O–H groups in total. The van der Waals surface area contributed by atoms with Gasteiger partial charge in [0, 0.05) is 20.0 Å². The van der Waals surface area contributed by atoms with Crippen LogP contribution in [0, 0.1) is 13.8 Å². The molecule has 4 nitrogen and oxygen atoms in total. The quantitative estimate of drug-likeness (QED) is 0.844. The number of rotatable bonds is 6. The number of benzene rings is 1. The second kappa shape index (κ2) is 6.28. The molecule has 0 aliphatic rings. The zero-order chi connectivity index (χ0) is 13.7. The summed E-state index contributed by atoms with van der Waals surface area (Å²) in [4.78, 5) is 12.6. The Bertz CT molecular complexity index is 429. The van der Waals surface area contributed by atoms with Crippen molar-refractivity contribution < 1.29 is 14.6 Å². The van der Waals surface area contributed by atoms with E-state index >= 15 is 0 Å². The average molecular weight is 251 g/mol. The monoisotopic (exact) mass is 251 g/mol. The van der Waals surface area contributed by atoms with Crippen LogP contribution in [-0.2, 0) is 4.79 Å². The Morgan fingerprint density at radius 2 is 2.06 bits per heavy atom. The second-order valence-electron chi connectivity index (χ2n) is 4.55. The summed E-state index contributed by atoms with van der Waals surface area (Å²) in [6.45, 7) is 4.77. The van der Waals surface area contributed by atoms with Gasteiger partial charge in [-0.05, 0) is 37.5 Å². The van der Waals surface area contributed by atoms with E-state index in [0.717, 1.165) is 22.6 Å². The number of carboxylic acids is 1. The van der Waals surface area contributed by atoms with Gasteiger partial charge in [0.1, 0.15) is 5.75 Å². The maximum atomic E-state index is 10.5. The minimum atomic E-state index is -0.754. The predicted octanol–water partition coefficient (Wildman–Crippen LogP) is 2.61. The maximum Gasteiger partial charge on any atom is 0.303 e. The van der Waals surface area contributed by atoms with Crippen LogP contribution in [0.1, 0.15) is 24.0 Å². The van der Waals surface area contributed by atoms with Gasteiger partial charge in [0.2, 0.25) is 0 Å². The lowest BCUT2D eigenvalue weighted by molar-refractivity contribution is -0.137. The van der Waals surface area contributed by atoms with E-state index in [2.05, 4.69) is 11.0 Å². The van der Waals surface area contributed by atoms with Gasteiger partial charge in [-0.2, -0.15) is 0 Å². The summed E-state index contributed by atoms with van der Waals surface area (Å²) in [5, 5.41) is 8.65. The highest BCUT2D eigenvalue weighted by Gasteiger charge is 2.12. The molecule has 0 amide bonds. The number of nitrogens with zero attached hydrogens (tertiary/aromatic N) is 1. The van der Waals surface area contributed by atoms with Crippen LogP contribution in [0.2, 0.25) is 0 Å². The zero-order valence-corrected chi connectivity index (χ0v) is 11.5. The molecule has 4 heteroatoms. The molecule has 0 radical (unpaired) electrons. The van der Waals surface area contributed by atoms with Gasteiger partial charge in [0.25, 0.3) is 0 Å². The van der Waals surface area contributed by atoms with Crippen molar-refractivity contribution in [2.24, 2.45) is 0 Å². The van der Waals surface area contributed by atoms with Gasteiger partial charge in [0.05, 0.1) is 12.8 Å². The summed E-state index contributed by atoms with van der Waals surface area (Å²) in [6, 6.07) is 4.10. The first-order valence-electron chi connectivity index (χ1n) is 6.04. The number of anilines is 1. The third-order valence-electron chi connectivity index (χ3n) is 2.90. The van der Waals surface area contributed by atoms with E-state index in [0.29, 0.717) is 13.0 Å². The van der Waals surface area contributed by atoms with Crippen LogP contribution in [0.3, 0.4) is 0 Å². The Hall–Kier alpha value is -1.71. The standard InChI is InChI=1S/C14H21NO3/c1-10-8-11(2)14(12(9-10)18-4)15(3)7-5-6-13(16)17/h8-9H,5-7H2,1-4H3,(H,16,17). The Balaban J connectivity index is 2.84. The molecule has 18 heavy (non-hydrogen) atoms. The molecule has 0 saturated heterocycles. The molecule has 0 saturated carbocycles. The molecule has 100 valence electrons. The highest BCUT2D eigenvalue weighted by Crippen LogP contribution is 2.32. The van der Waals surface area contributed by atoms with E-state index < -0.39 is 5.97 Å². The molecule has 0 fully saturated rings. The summed E-state index contributed by atoms with van der Waals surface area (Å²) >= 11 is 0. The summed E-state index contributed by atoms with van der Waals surface area (Å²) < 4.78 is 5.40. The van der Waals surface area contributed by atoms with Crippen LogP contribution in [0.4, 0.5) is 5.69 Å². The van der Waals surface area contributed by atoms with Crippen molar-refractivity contribution in [1.82, 2.24) is 0 Å². The number of ether oxygens (including phenoxy) is 1. The van der Waals surface area contributed by atoms with E-state index in [-0.39, 0.29) is 6.42 Å². The first-order valence-corrected chi connectivity index (χ1v) is 6.04. The van der Waals surface area contributed by atoms with Crippen molar-refractivity contribution in [2.75, 3.05) is 25.6 Å². The molecular weight excluding hydrogens is 230 g/mol. The normalized spacial score (nSPS) is 10.2. The summed E-state index contributed by atoms with van der Waals surface area (Å²) in [7, 11) is 3.62. The molecule has 0 bridgehead atoms.